The number of nitrogens with zero attached hydrogens (tertiary/aromatic N) is 1. The van der Waals surface area contributed by atoms with E-state index >= 15 is 0 Å². The van der Waals surface area contributed by atoms with E-state index in [2.05, 4.69) is 18.0 Å². The largest absolute Gasteiger partial charge is 0.504 e. The van der Waals surface area contributed by atoms with Gasteiger partial charge < -0.3 is 19.8 Å². The van der Waals surface area contributed by atoms with Crippen LogP contribution in [0.1, 0.15) is 17.5 Å². The first kappa shape index (κ1) is 12.1. The van der Waals surface area contributed by atoms with E-state index in [1.54, 1.807) is 6.07 Å². The predicted octanol–water partition coefficient (Wildman–Crippen LogP) is 1.20. The molecule has 0 amide bonds. The molecule has 5 rings (SSSR count). The van der Waals surface area contributed by atoms with Crippen LogP contribution in [-0.2, 0) is 11.8 Å². The van der Waals surface area contributed by atoms with Crippen molar-refractivity contribution in [3.63, 3.8) is 0 Å². The normalized spacial score (nSPS) is 42.6. The summed E-state index contributed by atoms with van der Waals surface area (Å²) in [5, 5.41) is 20.6. The number of phenolic OH excluding ortho intramolecular Hbond substituents is 1. The monoisotopic (exact) mass is 285 g/mol. The molecule has 0 aromatic heterocycles. The van der Waals surface area contributed by atoms with Crippen molar-refractivity contribution in [3.8, 4) is 11.5 Å². The van der Waals surface area contributed by atoms with Crippen molar-refractivity contribution in [2.24, 2.45) is 5.92 Å². The zero-order valence-corrected chi connectivity index (χ0v) is 12.0. The van der Waals surface area contributed by atoms with Crippen LogP contribution in [0.3, 0.4) is 0 Å². The maximum absolute atomic E-state index is 10.4. The van der Waals surface area contributed by atoms with Crippen molar-refractivity contribution in [1.82, 2.24) is 4.90 Å². The molecular formula is C17H19NO3. The summed E-state index contributed by atoms with van der Waals surface area (Å²) in [6.45, 7) is 1.01. The molecule has 1 saturated heterocycles. The van der Waals surface area contributed by atoms with Crippen LogP contribution in [0.2, 0.25) is 0 Å². The van der Waals surface area contributed by atoms with Gasteiger partial charge in [-0.25, -0.2) is 0 Å². The molecule has 2 bridgehead atoms. The van der Waals surface area contributed by atoms with Gasteiger partial charge in [0, 0.05) is 22.9 Å². The first-order valence-electron chi connectivity index (χ1n) is 7.71. The summed E-state index contributed by atoms with van der Waals surface area (Å²) in [6, 6.07) is 4.23. The molecule has 2 aliphatic heterocycles. The number of likely N-dealkylation sites (N-methyl/N-ethyl adjacent to an activating group) is 1. The molecule has 110 valence electrons. The zero-order chi connectivity index (χ0) is 14.4. The van der Waals surface area contributed by atoms with Crippen LogP contribution >= 0.6 is 0 Å². The fourth-order valence-corrected chi connectivity index (χ4v) is 5.24. The standard InChI is InChI=1S/C17H19NO3/c1-18-7-6-17-10-3-5-13(20)16(17)21-15-12(19)4-2-9(14(15)17)8-11(10)18/h2-5,10-11,13,16,19-20H,6-8H2,1H3/t10-,11-,13-,16-,17+/m0/s1. The topological polar surface area (TPSA) is 52.9 Å². The minimum Gasteiger partial charge on any atom is -0.504 e. The van der Waals surface area contributed by atoms with Gasteiger partial charge in [-0.05, 0) is 38.1 Å². The van der Waals surface area contributed by atoms with Gasteiger partial charge in [0.1, 0.15) is 12.2 Å². The van der Waals surface area contributed by atoms with Gasteiger partial charge in [0.15, 0.2) is 11.5 Å². The number of hydrogen-bond donors (Lipinski definition) is 2. The second-order valence-electron chi connectivity index (χ2n) is 6.93. The van der Waals surface area contributed by atoms with Crippen molar-refractivity contribution < 1.29 is 14.9 Å². The predicted molar refractivity (Wildman–Crippen MR) is 77.6 cm³/mol. The number of piperidine rings is 1. The lowest BCUT2D eigenvalue weighted by atomic mass is 9.53. The zero-order valence-electron chi connectivity index (χ0n) is 12.0. The summed E-state index contributed by atoms with van der Waals surface area (Å²) in [5.41, 5.74) is 2.29. The third-order valence-electron chi connectivity index (χ3n) is 6.15. The summed E-state index contributed by atoms with van der Waals surface area (Å²) in [4.78, 5) is 2.43. The van der Waals surface area contributed by atoms with Gasteiger partial charge in [0.2, 0.25) is 0 Å². The molecule has 4 heteroatoms. The lowest BCUT2D eigenvalue weighted by molar-refractivity contribution is -0.0453. The molecule has 2 N–H and O–H groups in total. The molecule has 1 aromatic rings. The first-order chi connectivity index (χ1) is 10.1. The maximum atomic E-state index is 10.4. The molecule has 2 aliphatic carbocycles. The van der Waals surface area contributed by atoms with Crippen LogP contribution in [-0.4, -0.2) is 47.0 Å². The summed E-state index contributed by atoms with van der Waals surface area (Å²) < 4.78 is 6.09. The molecule has 0 unspecified atom stereocenters. The van der Waals surface area contributed by atoms with Crippen LogP contribution in [0.15, 0.2) is 24.3 Å². The van der Waals surface area contributed by atoms with Crippen molar-refractivity contribution in [2.45, 2.75) is 36.5 Å². The molecule has 1 fully saturated rings. The summed E-state index contributed by atoms with van der Waals surface area (Å²) in [7, 11) is 2.19. The lowest BCUT2D eigenvalue weighted by Gasteiger charge is -2.56. The van der Waals surface area contributed by atoms with Crippen LogP contribution in [0, 0.1) is 5.92 Å². The molecule has 21 heavy (non-hydrogen) atoms. The number of benzene rings is 1. The summed E-state index contributed by atoms with van der Waals surface area (Å²) in [5.74, 6) is 1.19. The highest BCUT2D eigenvalue weighted by Gasteiger charge is 2.64. The van der Waals surface area contributed by atoms with Gasteiger partial charge in [0.05, 0.1) is 0 Å². The average Bonchev–Trinajstić information content (AvgIpc) is 2.83. The Morgan fingerprint density at radius 3 is 3.05 bits per heavy atom. The summed E-state index contributed by atoms with van der Waals surface area (Å²) >= 11 is 0. The first-order valence-corrected chi connectivity index (χ1v) is 7.71. The van der Waals surface area contributed by atoms with E-state index in [4.69, 9.17) is 4.74 Å². The van der Waals surface area contributed by atoms with Crippen LogP contribution < -0.4 is 4.74 Å². The molecule has 0 saturated carbocycles. The van der Waals surface area contributed by atoms with Gasteiger partial charge in [0.25, 0.3) is 0 Å². The highest BCUT2D eigenvalue weighted by molar-refractivity contribution is 5.61. The second kappa shape index (κ2) is 3.62. The van der Waals surface area contributed by atoms with E-state index in [0.29, 0.717) is 17.7 Å². The Morgan fingerprint density at radius 1 is 1.33 bits per heavy atom. The fourth-order valence-electron chi connectivity index (χ4n) is 5.24. The third kappa shape index (κ3) is 1.21. The molecule has 2 heterocycles. The Kier molecular flexibility index (Phi) is 2.08. The highest BCUT2D eigenvalue weighted by Crippen LogP contribution is 2.62. The van der Waals surface area contributed by atoms with Gasteiger partial charge >= 0.3 is 0 Å². The van der Waals surface area contributed by atoms with Crippen molar-refractivity contribution >= 4 is 0 Å². The van der Waals surface area contributed by atoms with Crippen LogP contribution in [0.25, 0.3) is 0 Å². The Morgan fingerprint density at radius 2 is 2.19 bits per heavy atom. The SMILES string of the molecule is CN1CC[C@@]23c4c5ccc(O)c4O[C@H]2[C@@H](O)C=C[C@H]3[C@@H]1C5. The van der Waals surface area contributed by atoms with E-state index in [1.165, 1.54) is 11.1 Å². The van der Waals surface area contributed by atoms with Crippen molar-refractivity contribution in [1.29, 1.82) is 0 Å². The molecule has 1 aromatic carbocycles. The number of aliphatic hydroxyl groups is 1. The maximum Gasteiger partial charge on any atom is 0.165 e. The van der Waals surface area contributed by atoms with Gasteiger partial charge in [-0.15, -0.1) is 0 Å². The minimum atomic E-state index is -0.594. The van der Waals surface area contributed by atoms with Gasteiger partial charge in [-0.1, -0.05) is 18.2 Å². The highest BCUT2D eigenvalue weighted by atomic mass is 16.5. The van der Waals surface area contributed by atoms with Gasteiger partial charge in [-0.2, -0.15) is 0 Å². The Hall–Kier alpha value is -1.52. The third-order valence-corrected chi connectivity index (χ3v) is 6.15. The number of likely N-dealkylation sites (tertiary alicyclic amines) is 1. The Labute approximate surface area is 123 Å². The molecule has 0 radical (unpaired) electrons. The van der Waals surface area contributed by atoms with E-state index in [9.17, 15) is 10.2 Å². The number of hydrogen-bond acceptors (Lipinski definition) is 4. The molecule has 5 atom stereocenters. The number of phenols is 1. The van der Waals surface area contributed by atoms with E-state index < -0.39 is 6.10 Å². The number of aromatic hydroxyl groups is 1. The quantitative estimate of drug-likeness (QED) is 0.703. The Balaban J connectivity index is 1.84. The molecule has 4 nitrogen and oxygen atoms in total. The smallest absolute Gasteiger partial charge is 0.165 e. The van der Waals surface area contributed by atoms with Crippen LogP contribution in [0.5, 0.6) is 11.5 Å². The Bertz CT molecular complexity index is 670. The number of rotatable bonds is 0. The molecule has 1 spiro atoms. The number of aliphatic hydroxyl groups excluding tert-OH is 1. The number of ether oxygens (including phenoxy) is 1. The van der Waals surface area contributed by atoms with Gasteiger partial charge in [-0.3, -0.25) is 0 Å². The van der Waals surface area contributed by atoms with E-state index in [1.807, 2.05) is 12.1 Å². The van der Waals surface area contributed by atoms with E-state index in [-0.39, 0.29) is 17.3 Å². The van der Waals surface area contributed by atoms with E-state index in [0.717, 1.165) is 19.4 Å². The molecule has 4 aliphatic rings. The molecular weight excluding hydrogens is 266 g/mol. The second-order valence-corrected chi connectivity index (χ2v) is 6.93. The van der Waals surface area contributed by atoms with Crippen LogP contribution in [0.4, 0.5) is 0 Å². The summed E-state index contributed by atoms with van der Waals surface area (Å²) in [6.07, 6.45) is 5.18. The minimum absolute atomic E-state index is 0.160. The van der Waals surface area contributed by atoms with Crippen molar-refractivity contribution in [3.05, 3.63) is 35.4 Å². The van der Waals surface area contributed by atoms with Crippen molar-refractivity contribution in [2.75, 3.05) is 13.6 Å². The fraction of sp³-hybridized carbons (Fsp3) is 0.529. The average molecular weight is 285 g/mol. The lowest BCUT2D eigenvalue weighted by Crippen LogP contribution is -2.64.